The Kier molecular flexibility index (Phi) is 9.12. The third-order valence-corrected chi connectivity index (χ3v) is 6.46. The van der Waals surface area contributed by atoms with Crippen molar-refractivity contribution < 1.29 is 4.74 Å². The van der Waals surface area contributed by atoms with E-state index in [1.165, 1.54) is 81.8 Å². The summed E-state index contributed by atoms with van der Waals surface area (Å²) in [5.41, 5.74) is 5.80. The van der Waals surface area contributed by atoms with Crippen molar-refractivity contribution in [3.63, 3.8) is 0 Å². The minimum Gasteiger partial charge on any atom is -0.494 e. The predicted octanol–water partition coefficient (Wildman–Crippen LogP) is 8.39. The molecule has 1 aliphatic rings. The molecule has 0 aliphatic heterocycles. The van der Waals surface area contributed by atoms with Crippen molar-refractivity contribution in [1.82, 2.24) is 0 Å². The van der Waals surface area contributed by atoms with Gasteiger partial charge in [0.05, 0.1) is 6.61 Å². The summed E-state index contributed by atoms with van der Waals surface area (Å²) in [7, 11) is 0. The Morgan fingerprint density at radius 3 is 2.28 bits per heavy atom. The normalized spacial score (nSPS) is 15.9. The van der Waals surface area contributed by atoms with Gasteiger partial charge in [-0.05, 0) is 66.0 Å². The van der Waals surface area contributed by atoms with Crippen LogP contribution >= 0.6 is 0 Å². The molecule has 0 heterocycles. The summed E-state index contributed by atoms with van der Waals surface area (Å²) in [6.07, 6.45) is 15.8. The monoisotopic (exact) mass is 392 g/mol. The van der Waals surface area contributed by atoms with Crippen molar-refractivity contribution in [1.29, 1.82) is 0 Å². The molecule has 2 aromatic rings. The summed E-state index contributed by atoms with van der Waals surface area (Å²) >= 11 is 0. The summed E-state index contributed by atoms with van der Waals surface area (Å²) in [6, 6.07) is 15.8. The lowest BCUT2D eigenvalue weighted by atomic mass is 9.80. The first kappa shape index (κ1) is 21.9. The van der Waals surface area contributed by atoms with E-state index in [1.807, 2.05) is 0 Å². The fourth-order valence-corrected chi connectivity index (χ4v) is 4.57. The van der Waals surface area contributed by atoms with Gasteiger partial charge in [0.2, 0.25) is 0 Å². The zero-order chi connectivity index (χ0) is 20.3. The van der Waals surface area contributed by atoms with E-state index in [9.17, 15) is 0 Å². The number of hydrogen-bond donors (Lipinski definition) is 0. The number of ether oxygens (including phenoxy) is 1. The zero-order valence-corrected chi connectivity index (χ0v) is 18.7. The van der Waals surface area contributed by atoms with Crippen LogP contribution in [0.3, 0.4) is 0 Å². The molecule has 29 heavy (non-hydrogen) atoms. The highest BCUT2D eigenvalue weighted by atomic mass is 16.5. The summed E-state index contributed by atoms with van der Waals surface area (Å²) < 4.78 is 5.94. The molecule has 3 rings (SSSR count). The standard InChI is InChI=1S/C28H40O/c1-3-5-7-8-9-10-20-29-28-18-16-24(17-19-28)26-15-14-25-21-23(11-6-4-2)12-13-27(25)22-26/h14-19,22-23H,3-13,20-21H2,1-2H3. The molecular weight excluding hydrogens is 352 g/mol. The molecule has 0 spiro atoms. The van der Waals surface area contributed by atoms with Crippen molar-refractivity contribution >= 4 is 0 Å². The first-order valence-electron chi connectivity index (χ1n) is 12.1. The fourth-order valence-electron chi connectivity index (χ4n) is 4.57. The van der Waals surface area contributed by atoms with Gasteiger partial charge in [-0.1, -0.05) is 95.5 Å². The van der Waals surface area contributed by atoms with E-state index >= 15 is 0 Å². The van der Waals surface area contributed by atoms with Crippen LogP contribution in [0.15, 0.2) is 42.5 Å². The average molecular weight is 393 g/mol. The Labute approximate surface area is 178 Å². The Morgan fingerprint density at radius 1 is 0.759 bits per heavy atom. The molecule has 1 heteroatoms. The predicted molar refractivity (Wildman–Crippen MR) is 126 cm³/mol. The van der Waals surface area contributed by atoms with E-state index in [-0.39, 0.29) is 0 Å². The summed E-state index contributed by atoms with van der Waals surface area (Å²) in [5.74, 6) is 1.90. The summed E-state index contributed by atoms with van der Waals surface area (Å²) in [4.78, 5) is 0. The highest BCUT2D eigenvalue weighted by Gasteiger charge is 2.18. The van der Waals surface area contributed by atoms with Gasteiger partial charge in [0.25, 0.3) is 0 Å². The molecule has 0 amide bonds. The van der Waals surface area contributed by atoms with Gasteiger partial charge in [-0.25, -0.2) is 0 Å². The van der Waals surface area contributed by atoms with Gasteiger partial charge in [0, 0.05) is 0 Å². The van der Waals surface area contributed by atoms with Crippen molar-refractivity contribution in [2.45, 2.75) is 90.9 Å². The first-order valence-corrected chi connectivity index (χ1v) is 12.1. The number of fused-ring (bicyclic) bond motifs is 1. The van der Waals surface area contributed by atoms with Gasteiger partial charge in [-0.3, -0.25) is 0 Å². The molecule has 0 saturated heterocycles. The van der Waals surface area contributed by atoms with Crippen molar-refractivity contribution in [2.75, 3.05) is 6.61 Å². The molecule has 0 saturated carbocycles. The maximum atomic E-state index is 5.94. The molecule has 0 N–H and O–H groups in total. The molecular formula is C28H40O. The van der Waals surface area contributed by atoms with Gasteiger partial charge < -0.3 is 4.74 Å². The Bertz CT molecular complexity index is 716. The maximum Gasteiger partial charge on any atom is 0.119 e. The second-order valence-corrected chi connectivity index (χ2v) is 8.88. The maximum absolute atomic E-state index is 5.94. The molecule has 1 nitrogen and oxygen atoms in total. The minimum absolute atomic E-state index is 0.837. The van der Waals surface area contributed by atoms with Gasteiger partial charge in [0.15, 0.2) is 0 Å². The Hall–Kier alpha value is -1.76. The van der Waals surface area contributed by atoms with Crippen LogP contribution in [0, 0.1) is 5.92 Å². The lowest BCUT2D eigenvalue weighted by Gasteiger charge is -2.25. The number of unbranched alkanes of at least 4 members (excludes halogenated alkanes) is 6. The largest absolute Gasteiger partial charge is 0.494 e. The molecule has 1 aliphatic carbocycles. The fraction of sp³-hybridized carbons (Fsp3) is 0.571. The van der Waals surface area contributed by atoms with Crippen LogP contribution < -0.4 is 4.74 Å². The smallest absolute Gasteiger partial charge is 0.119 e. The second-order valence-electron chi connectivity index (χ2n) is 8.88. The molecule has 0 fully saturated rings. The molecule has 1 unspecified atom stereocenters. The third-order valence-electron chi connectivity index (χ3n) is 6.46. The van der Waals surface area contributed by atoms with Crippen LogP contribution in [0.1, 0.15) is 89.2 Å². The third kappa shape index (κ3) is 6.91. The lowest BCUT2D eigenvalue weighted by Crippen LogP contribution is -2.14. The van der Waals surface area contributed by atoms with E-state index in [1.54, 1.807) is 11.1 Å². The van der Waals surface area contributed by atoms with E-state index in [4.69, 9.17) is 4.74 Å². The number of benzene rings is 2. The second kappa shape index (κ2) is 12.1. The van der Waals surface area contributed by atoms with E-state index in [0.717, 1.165) is 24.7 Å². The highest BCUT2D eigenvalue weighted by molar-refractivity contribution is 5.66. The van der Waals surface area contributed by atoms with Gasteiger partial charge >= 0.3 is 0 Å². The van der Waals surface area contributed by atoms with Crippen LogP contribution in [0.5, 0.6) is 5.75 Å². The van der Waals surface area contributed by atoms with Crippen LogP contribution in [0.25, 0.3) is 11.1 Å². The summed E-state index contributed by atoms with van der Waals surface area (Å²) in [5, 5.41) is 0. The first-order chi connectivity index (χ1) is 14.3. The van der Waals surface area contributed by atoms with Gasteiger partial charge in [-0.15, -0.1) is 0 Å². The SMILES string of the molecule is CCCCCCCCOc1ccc(-c2ccc3c(c2)CCC(CCCC)C3)cc1. The Morgan fingerprint density at radius 2 is 1.48 bits per heavy atom. The average Bonchev–Trinajstić information content (AvgIpc) is 2.77. The van der Waals surface area contributed by atoms with Crippen molar-refractivity contribution in [3.05, 3.63) is 53.6 Å². The molecule has 0 radical (unpaired) electrons. The molecule has 158 valence electrons. The summed E-state index contributed by atoms with van der Waals surface area (Å²) in [6.45, 7) is 5.40. The van der Waals surface area contributed by atoms with Gasteiger partial charge in [0.1, 0.15) is 5.75 Å². The highest BCUT2D eigenvalue weighted by Crippen LogP contribution is 2.32. The molecule has 1 atom stereocenters. The molecule has 0 aromatic heterocycles. The quantitative estimate of drug-likeness (QED) is 0.329. The Balaban J connectivity index is 1.49. The van der Waals surface area contributed by atoms with E-state index in [2.05, 4.69) is 56.3 Å². The van der Waals surface area contributed by atoms with Crippen LogP contribution in [-0.4, -0.2) is 6.61 Å². The van der Waals surface area contributed by atoms with E-state index in [0.29, 0.717) is 0 Å². The zero-order valence-electron chi connectivity index (χ0n) is 18.7. The minimum atomic E-state index is 0.837. The number of rotatable bonds is 12. The van der Waals surface area contributed by atoms with Crippen LogP contribution in [0.2, 0.25) is 0 Å². The van der Waals surface area contributed by atoms with Crippen molar-refractivity contribution in [2.24, 2.45) is 5.92 Å². The lowest BCUT2D eigenvalue weighted by molar-refractivity contribution is 0.304. The number of aryl methyl sites for hydroxylation is 1. The van der Waals surface area contributed by atoms with Gasteiger partial charge in [-0.2, -0.15) is 0 Å². The number of hydrogen-bond acceptors (Lipinski definition) is 1. The topological polar surface area (TPSA) is 9.23 Å². The van der Waals surface area contributed by atoms with Crippen LogP contribution in [-0.2, 0) is 12.8 Å². The molecule has 2 aromatic carbocycles. The van der Waals surface area contributed by atoms with E-state index < -0.39 is 0 Å². The van der Waals surface area contributed by atoms with Crippen LogP contribution in [0.4, 0.5) is 0 Å². The molecule has 0 bridgehead atoms. The van der Waals surface area contributed by atoms with Crippen molar-refractivity contribution in [3.8, 4) is 16.9 Å².